The van der Waals surface area contributed by atoms with Gasteiger partial charge in [0.1, 0.15) is 36.4 Å². The second kappa shape index (κ2) is 12.1. The van der Waals surface area contributed by atoms with Crippen LogP contribution in [0.1, 0.15) is 49.2 Å². The average Bonchev–Trinajstić information content (AvgIpc) is 3.49. The van der Waals surface area contributed by atoms with Crippen molar-refractivity contribution in [2.45, 2.75) is 31.8 Å². The van der Waals surface area contributed by atoms with Crippen LogP contribution in [-0.2, 0) is 29.1 Å². The highest BCUT2D eigenvalue weighted by Gasteiger charge is 2.60. The summed E-state index contributed by atoms with van der Waals surface area (Å²) in [6.45, 7) is 0.0512. The predicted octanol–water partition coefficient (Wildman–Crippen LogP) is 5.59. The number of rotatable bonds is 7. The molecule has 2 N–H and O–H groups in total. The molecule has 11 nitrogen and oxygen atoms in total. The number of ether oxygens (including phenoxy) is 3. The van der Waals surface area contributed by atoms with Crippen molar-refractivity contribution in [3.63, 3.8) is 0 Å². The third-order valence-electron chi connectivity index (χ3n) is 9.20. The number of aliphatic hydroxyl groups is 1. The molecule has 3 aliphatic rings. The number of fused-ring (bicyclic) bond motifs is 4. The number of hydrogen-bond acceptors (Lipinski definition) is 11. The number of carbonyl (C=O) groups excluding carboxylic acids is 3. The number of aromatic hydroxyl groups is 1. The van der Waals surface area contributed by atoms with Crippen LogP contribution in [0.5, 0.6) is 11.6 Å². The number of ketones is 2. The Morgan fingerprint density at radius 2 is 1.60 bits per heavy atom. The third kappa shape index (κ3) is 5.22. The van der Waals surface area contributed by atoms with Gasteiger partial charge in [0.25, 0.3) is 5.88 Å². The molecule has 47 heavy (non-hydrogen) atoms. The number of benzene rings is 3. The lowest BCUT2D eigenvalue weighted by Gasteiger charge is -2.48. The van der Waals surface area contributed by atoms with Gasteiger partial charge >= 0.3 is 6.16 Å². The first-order valence-electron chi connectivity index (χ1n) is 15.3. The largest absolute Gasteiger partial charge is 0.511 e. The first-order chi connectivity index (χ1) is 22.7. The fourth-order valence-electron chi connectivity index (χ4n) is 7.19. The zero-order valence-corrected chi connectivity index (χ0v) is 25.7. The van der Waals surface area contributed by atoms with Crippen molar-refractivity contribution in [1.29, 1.82) is 0 Å². The molecular formula is C36H32N2O9. The highest BCUT2D eigenvalue weighted by Crippen LogP contribution is 2.55. The molecule has 240 valence electrons. The molecule has 0 saturated carbocycles. The van der Waals surface area contributed by atoms with Crippen LogP contribution in [0, 0.1) is 17.8 Å². The summed E-state index contributed by atoms with van der Waals surface area (Å²) in [5.41, 5.74) is 2.12. The van der Waals surface area contributed by atoms with Crippen LogP contribution in [0.25, 0.3) is 0 Å². The number of carbonyl (C=O) groups is 3. The van der Waals surface area contributed by atoms with E-state index in [-0.39, 0.29) is 53.7 Å². The van der Waals surface area contributed by atoms with Crippen LogP contribution in [-0.4, -0.2) is 58.2 Å². The number of aromatic nitrogens is 1. The molecule has 4 aromatic rings. The molecule has 11 heteroatoms. The number of phenolic OH excluding ortho intramolecular Hbond substituents is 1. The van der Waals surface area contributed by atoms with E-state index in [0.29, 0.717) is 5.56 Å². The van der Waals surface area contributed by atoms with E-state index in [2.05, 4.69) is 5.16 Å². The average molecular weight is 637 g/mol. The van der Waals surface area contributed by atoms with Gasteiger partial charge in [0.05, 0.1) is 17.5 Å². The predicted molar refractivity (Wildman–Crippen MR) is 166 cm³/mol. The Bertz CT molecular complexity index is 1880. The molecule has 0 unspecified atom stereocenters. The summed E-state index contributed by atoms with van der Waals surface area (Å²) >= 11 is 0. The van der Waals surface area contributed by atoms with Crippen LogP contribution in [0.3, 0.4) is 0 Å². The maximum absolute atomic E-state index is 14.4. The van der Waals surface area contributed by atoms with Crippen LogP contribution >= 0.6 is 0 Å². The van der Waals surface area contributed by atoms with E-state index in [9.17, 15) is 24.6 Å². The highest BCUT2D eigenvalue weighted by molar-refractivity contribution is 6.14. The Morgan fingerprint density at radius 1 is 0.915 bits per heavy atom. The minimum Gasteiger partial charge on any atom is -0.511 e. The molecule has 0 spiro atoms. The smallest absolute Gasteiger partial charge is 0.508 e. The van der Waals surface area contributed by atoms with Crippen molar-refractivity contribution in [3.8, 4) is 11.6 Å². The van der Waals surface area contributed by atoms with Gasteiger partial charge in [-0.25, -0.2) is 4.79 Å². The first-order valence-corrected chi connectivity index (χ1v) is 15.3. The third-order valence-corrected chi connectivity index (χ3v) is 9.20. The Morgan fingerprint density at radius 3 is 2.28 bits per heavy atom. The van der Waals surface area contributed by atoms with Gasteiger partial charge in [0.15, 0.2) is 17.3 Å². The number of nitrogens with zero attached hydrogens (tertiary/aromatic N) is 2. The van der Waals surface area contributed by atoms with E-state index in [1.54, 1.807) is 43.3 Å². The molecule has 0 bridgehead atoms. The van der Waals surface area contributed by atoms with E-state index in [1.807, 2.05) is 48.5 Å². The van der Waals surface area contributed by atoms with Gasteiger partial charge in [-0.1, -0.05) is 72.8 Å². The molecule has 5 atom stereocenters. The molecular weight excluding hydrogens is 604 g/mol. The van der Waals surface area contributed by atoms with Crippen molar-refractivity contribution < 1.29 is 43.3 Å². The van der Waals surface area contributed by atoms with Crippen molar-refractivity contribution in [2.75, 3.05) is 14.1 Å². The molecule has 3 aliphatic carbocycles. The normalized spacial score (nSPS) is 23.0. The topological polar surface area (TPSA) is 149 Å². The molecule has 0 amide bonds. The minimum atomic E-state index is -1.32. The maximum atomic E-state index is 14.4. The molecule has 0 fully saturated rings. The van der Waals surface area contributed by atoms with Gasteiger partial charge in [-0.15, -0.1) is 0 Å². The fraction of sp³-hybridized carbons (Fsp3) is 0.278. The first kappa shape index (κ1) is 30.2. The summed E-state index contributed by atoms with van der Waals surface area (Å²) in [5.74, 6) is -4.81. The van der Waals surface area contributed by atoms with Gasteiger partial charge in [-0.3, -0.25) is 14.5 Å². The highest BCUT2D eigenvalue weighted by atomic mass is 16.7. The second-order valence-electron chi connectivity index (χ2n) is 12.2. The fourth-order valence-corrected chi connectivity index (χ4v) is 7.19. The summed E-state index contributed by atoms with van der Waals surface area (Å²) in [6.07, 6.45) is -1.96. The molecule has 3 aromatic carbocycles. The standard InChI is InChI=1S/C36H32N2O9/c1-38(2)29-26-27(32(42)28-34(29)47-37-35(28)44-17-19-10-5-3-6-11-19)31(41)25-22(16-21-14-9-15-23(39)24(21)30(25)40)33(26)46-36(43)45-18-20-12-7-4-8-13-20/h3-15,22,26-27,29,33,39,41H,16-18H2,1-2H3/t22-,26-,27-,29+,33+/m1/s1. The van der Waals surface area contributed by atoms with Gasteiger partial charge in [-0.05, 0) is 48.4 Å². The minimum absolute atomic E-state index is 0.0409. The summed E-state index contributed by atoms with van der Waals surface area (Å²) < 4.78 is 23.3. The molecule has 7 rings (SSSR count). The van der Waals surface area contributed by atoms with E-state index < -0.39 is 53.4 Å². The Kier molecular flexibility index (Phi) is 7.77. The lowest BCUT2D eigenvalue weighted by atomic mass is 9.59. The van der Waals surface area contributed by atoms with Gasteiger partial charge in [-0.2, -0.15) is 0 Å². The molecule has 0 radical (unpaired) electrons. The van der Waals surface area contributed by atoms with Gasteiger partial charge < -0.3 is 28.9 Å². The molecule has 0 aliphatic heterocycles. The number of hydrogen-bond donors (Lipinski definition) is 2. The molecule has 1 aromatic heterocycles. The SMILES string of the molecule is CN(C)[C@@H]1c2onc(OCc3ccccc3)c2C(=O)[C@H]2C(O)=C3C(=O)c4c(O)cccc4C[C@H]3[C@H](OC(=O)OCc3ccccc3)[C@H]21. The number of aliphatic hydroxyl groups excluding tert-OH is 1. The van der Waals surface area contributed by atoms with Crippen LogP contribution in [0.2, 0.25) is 0 Å². The Hall–Kier alpha value is -5.42. The van der Waals surface area contributed by atoms with Crippen molar-refractivity contribution >= 4 is 17.7 Å². The molecule has 1 heterocycles. The lowest BCUT2D eigenvalue weighted by molar-refractivity contribution is -0.0646. The quantitative estimate of drug-likeness (QED) is 0.244. The van der Waals surface area contributed by atoms with Crippen LogP contribution in [0.4, 0.5) is 4.79 Å². The number of phenols is 1. The van der Waals surface area contributed by atoms with Crippen LogP contribution < -0.4 is 4.74 Å². The molecule has 0 saturated heterocycles. The van der Waals surface area contributed by atoms with Crippen molar-refractivity contribution in [2.24, 2.45) is 17.8 Å². The van der Waals surface area contributed by atoms with E-state index in [1.165, 1.54) is 6.07 Å². The summed E-state index contributed by atoms with van der Waals surface area (Å²) in [6, 6.07) is 22.4. The lowest BCUT2D eigenvalue weighted by Crippen LogP contribution is -2.55. The van der Waals surface area contributed by atoms with Crippen molar-refractivity contribution in [3.05, 3.63) is 124 Å². The summed E-state index contributed by atoms with van der Waals surface area (Å²) in [7, 11) is 3.55. The van der Waals surface area contributed by atoms with Gasteiger partial charge in [0, 0.05) is 17.4 Å². The zero-order valence-electron chi connectivity index (χ0n) is 25.7. The number of Topliss-reactive ketones (excluding diaryl/α,β-unsaturated/α-hetero) is 2. The summed E-state index contributed by atoms with van der Waals surface area (Å²) in [5, 5.41) is 26.6. The Labute approximate surface area is 270 Å². The maximum Gasteiger partial charge on any atom is 0.508 e. The van der Waals surface area contributed by atoms with Crippen LogP contribution in [0.15, 0.2) is 94.7 Å². The number of allylic oxidation sites excluding steroid dienone is 1. The van der Waals surface area contributed by atoms with E-state index in [4.69, 9.17) is 18.7 Å². The summed E-state index contributed by atoms with van der Waals surface area (Å²) in [4.78, 5) is 43.6. The Balaban J connectivity index is 1.31. The van der Waals surface area contributed by atoms with Gasteiger partial charge in [0.2, 0.25) is 0 Å². The zero-order chi connectivity index (χ0) is 32.8. The van der Waals surface area contributed by atoms with E-state index in [0.717, 1.165) is 11.1 Å². The second-order valence-corrected chi connectivity index (χ2v) is 12.2. The van der Waals surface area contributed by atoms with Crippen molar-refractivity contribution in [1.82, 2.24) is 10.1 Å². The monoisotopic (exact) mass is 636 g/mol. The van der Waals surface area contributed by atoms with E-state index >= 15 is 0 Å².